The van der Waals surface area contributed by atoms with Crippen molar-refractivity contribution in [3.8, 4) is 5.75 Å². The van der Waals surface area contributed by atoms with Gasteiger partial charge in [0.15, 0.2) is 6.61 Å². The van der Waals surface area contributed by atoms with Gasteiger partial charge in [0, 0.05) is 37.3 Å². The topological polar surface area (TPSA) is 99.7 Å². The molecule has 4 N–H and O–H groups in total. The predicted molar refractivity (Wildman–Crippen MR) is 109 cm³/mol. The second-order valence-electron chi connectivity index (χ2n) is 8.82. The largest absolute Gasteiger partial charge is 0.484 e. The van der Waals surface area contributed by atoms with Gasteiger partial charge in [0.05, 0.1) is 10.9 Å². The number of carbonyl (C=O) groups is 2. The molecule has 9 heteroatoms. The van der Waals surface area contributed by atoms with Crippen LogP contribution in [0.5, 0.6) is 5.75 Å². The lowest BCUT2D eigenvalue weighted by Crippen LogP contribution is -2.55. The third kappa shape index (κ3) is 4.55. The van der Waals surface area contributed by atoms with Gasteiger partial charge >= 0.3 is 0 Å². The molecule has 5 rings (SSSR count). The number of fused-ring (bicyclic) bond motifs is 1. The summed E-state index contributed by atoms with van der Waals surface area (Å²) in [6, 6.07) is 4.04. The van der Waals surface area contributed by atoms with Crippen molar-refractivity contribution >= 4 is 23.4 Å². The molecule has 1 aliphatic heterocycles. The molecule has 0 radical (unpaired) electrons. The Kier molecular flexibility index (Phi) is 6.18. The first-order chi connectivity index (χ1) is 14.4. The van der Waals surface area contributed by atoms with Crippen molar-refractivity contribution in [2.75, 3.05) is 26.3 Å². The summed E-state index contributed by atoms with van der Waals surface area (Å²) in [4.78, 5) is 25.0. The van der Waals surface area contributed by atoms with Gasteiger partial charge in [-0.3, -0.25) is 9.59 Å². The number of benzene rings is 1. The predicted octanol–water partition coefficient (Wildman–Crippen LogP) is 1.23. The summed E-state index contributed by atoms with van der Waals surface area (Å²) in [7, 11) is 0. The van der Waals surface area contributed by atoms with E-state index in [-0.39, 0.29) is 59.2 Å². The molecule has 3 aliphatic carbocycles. The van der Waals surface area contributed by atoms with Gasteiger partial charge in [-0.05, 0) is 49.7 Å². The van der Waals surface area contributed by atoms with Crippen LogP contribution < -0.4 is 20.7 Å². The van der Waals surface area contributed by atoms with Gasteiger partial charge in [0.1, 0.15) is 11.6 Å². The van der Waals surface area contributed by atoms with Gasteiger partial charge in [0.2, 0.25) is 5.91 Å². The fourth-order valence-corrected chi connectivity index (χ4v) is 5.12. The third-order valence-electron chi connectivity index (χ3n) is 6.55. The SMILES string of the molecule is O=C(COc1ccc(Cl)c(F)c1)N[C@H]1CC2(NC(=O)C3CNCC(CO)C3)CC1C2. The monoisotopic (exact) mass is 439 g/mol. The summed E-state index contributed by atoms with van der Waals surface area (Å²) >= 11 is 5.64. The number of amides is 2. The molecule has 7 nitrogen and oxygen atoms in total. The Labute approximate surface area is 179 Å². The highest BCUT2D eigenvalue weighted by Crippen LogP contribution is 2.52. The van der Waals surface area contributed by atoms with Crippen molar-refractivity contribution in [3.05, 3.63) is 29.0 Å². The normalized spacial score (nSPS) is 32.2. The first-order valence-corrected chi connectivity index (χ1v) is 10.8. The maximum absolute atomic E-state index is 13.4. The minimum atomic E-state index is -0.595. The van der Waals surface area contributed by atoms with E-state index in [1.165, 1.54) is 12.1 Å². The summed E-state index contributed by atoms with van der Waals surface area (Å²) in [5.41, 5.74) is -0.244. The standard InChI is InChI=1S/C21H27ClFN3O4/c22-16-2-1-15(4-17(16)23)30-11-19(28)25-18-7-21(5-14(18)6-21)26-20(29)13-3-12(10-27)8-24-9-13/h1-2,4,12-14,18,24,27H,3,5-11H2,(H,25,28)(H,26,29)/t12?,13?,14?,18-,21?/m0/s1. The summed E-state index contributed by atoms with van der Waals surface area (Å²) in [6.45, 7) is 1.25. The molecule has 164 valence electrons. The number of ether oxygens (including phenoxy) is 1. The number of halogens is 2. The summed E-state index contributed by atoms with van der Waals surface area (Å²) < 4.78 is 18.8. The van der Waals surface area contributed by atoms with E-state index in [2.05, 4.69) is 16.0 Å². The van der Waals surface area contributed by atoms with Crippen LogP contribution in [0.3, 0.4) is 0 Å². The van der Waals surface area contributed by atoms with Crippen molar-refractivity contribution in [1.29, 1.82) is 0 Å². The van der Waals surface area contributed by atoms with Gasteiger partial charge in [-0.1, -0.05) is 11.6 Å². The van der Waals surface area contributed by atoms with Gasteiger partial charge in [-0.15, -0.1) is 0 Å². The molecule has 1 aromatic rings. The molecule has 2 unspecified atom stereocenters. The lowest BCUT2D eigenvalue weighted by molar-refractivity contribution is -0.129. The fourth-order valence-electron chi connectivity index (χ4n) is 5.00. The van der Waals surface area contributed by atoms with E-state index in [1.54, 1.807) is 0 Å². The Morgan fingerprint density at radius 3 is 2.83 bits per heavy atom. The van der Waals surface area contributed by atoms with Crippen LogP contribution in [0.2, 0.25) is 5.02 Å². The van der Waals surface area contributed by atoms with Crippen LogP contribution in [0.4, 0.5) is 4.39 Å². The zero-order valence-electron chi connectivity index (χ0n) is 16.6. The van der Waals surface area contributed by atoms with Gasteiger partial charge in [-0.25, -0.2) is 4.39 Å². The molecule has 4 fully saturated rings. The van der Waals surface area contributed by atoms with Crippen molar-refractivity contribution in [2.24, 2.45) is 17.8 Å². The average molecular weight is 440 g/mol. The van der Waals surface area contributed by atoms with Crippen molar-refractivity contribution in [1.82, 2.24) is 16.0 Å². The van der Waals surface area contributed by atoms with Gasteiger partial charge < -0.3 is 25.8 Å². The van der Waals surface area contributed by atoms with E-state index < -0.39 is 5.82 Å². The van der Waals surface area contributed by atoms with Crippen LogP contribution in [0.15, 0.2) is 18.2 Å². The molecule has 1 saturated heterocycles. The number of hydrogen-bond donors (Lipinski definition) is 4. The minimum Gasteiger partial charge on any atom is -0.484 e. The summed E-state index contributed by atoms with van der Waals surface area (Å²) in [5, 5.41) is 18.8. The van der Waals surface area contributed by atoms with E-state index in [1.807, 2.05) is 0 Å². The van der Waals surface area contributed by atoms with E-state index in [0.717, 1.165) is 25.5 Å². The van der Waals surface area contributed by atoms with Crippen LogP contribution >= 0.6 is 11.6 Å². The number of piperidine rings is 1. The molecule has 0 spiro atoms. The van der Waals surface area contributed by atoms with E-state index >= 15 is 0 Å². The van der Waals surface area contributed by atoms with Crippen molar-refractivity contribution < 1.29 is 23.8 Å². The van der Waals surface area contributed by atoms with Crippen molar-refractivity contribution in [3.63, 3.8) is 0 Å². The number of nitrogens with one attached hydrogen (secondary N) is 3. The smallest absolute Gasteiger partial charge is 0.258 e. The molecule has 2 bridgehead atoms. The van der Waals surface area contributed by atoms with Crippen LogP contribution in [-0.2, 0) is 9.59 Å². The Bertz CT molecular complexity index is 817. The van der Waals surface area contributed by atoms with E-state index in [9.17, 15) is 19.1 Å². The van der Waals surface area contributed by atoms with Crippen LogP contribution in [0.1, 0.15) is 25.7 Å². The average Bonchev–Trinajstić information content (AvgIpc) is 3.22. The molecular formula is C21H27ClFN3O4. The van der Waals surface area contributed by atoms with Crippen LogP contribution in [0.25, 0.3) is 0 Å². The Hall–Kier alpha value is -1.90. The second kappa shape index (κ2) is 8.69. The van der Waals surface area contributed by atoms with E-state index in [0.29, 0.717) is 25.3 Å². The lowest BCUT2D eigenvalue weighted by atomic mass is 9.76. The highest BCUT2D eigenvalue weighted by Gasteiger charge is 2.57. The molecule has 2 amide bonds. The number of aliphatic hydroxyl groups is 1. The molecule has 1 aromatic carbocycles. The van der Waals surface area contributed by atoms with E-state index in [4.69, 9.17) is 16.3 Å². The minimum absolute atomic E-state index is 0.000710. The maximum atomic E-state index is 13.4. The second-order valence-corrected chi connectivity index (χ2v) is 9.23. The molecular weight excluding hydrogens is 413 g/mol. The number of hydrogen-bond acceptors (Lipinski definition) is 5. The zero-order chi connectivity index (χ0) is 21.3. The zero-order valence-corrected chi connectivity index (χ0v) is 17.4. The Balaban J connectivity index is 1.23. The third-order valence-corrected chi connectivity index (χ3v) is 6.86. The van der Waals surface area contributed by atoms with Gasteiger partial charge in [-0.2, -0.15) is 0 Å². The number of aliphatic hydroxyl groups excluding tert-OH is 1. The van der Waals surface area contributed by atoms with Crippen molar-refractivity contribution in [2.45, 2.75) is 37.3 Å². The Morgan fingerprint density at radius 1 is 1.30 bits per heavy atom. The first-order valence-electron chi connectivity index (χ1n) is 10.4. The summed E-state index contributed by atoms with van der Waals surface area (Å²) in [5.74, 6) is -0.268. The molecule has 3 saturated carbocycles. The maximum Gasteiger partial charge on any atom is 0.258 e. The molecule has 4 aliphatic rings. The summed E-state index contributed by atoms with van der Waals surface area (Å²) in [6.07, 6.45) is 3.11. The molecule has 30 heavy (non-hydrogen) atoms. The molecule has 0 aromatic heterocycles. The molecule has 3 atom stereocenters. The molecule has 1 heterocycles. The highest BCUT2D eigenvalue weighted by atomic mass is 35.5. The number of carbonyl (C=O) groups excluding carboxylic acids is 2. The van der Waals surface area contributed by atoms with Crippen LogP contribution in [0, 0.1) is 23.6 Å². The van der Waals surface area contributed by atoms with Gasteiger partial charge in [0.25, 0.3) is 5.91 Å². The Morgan fingerprint density at radius 2 is 2.10 bits per heavy atom. The highest BCUT2D eigenvalue weighted by molar-refractivity contribution is 6.30. The number of rotatable bonds is 7. The van der Waals surface area contributed by atoms with Crippen LogP contribution in [-0.4, -0.2) is 54.8 Å². The quantitative estimate of drug-likeness (QED) is 0.512. The lowest BCUT2D eigenvalue weighted by Gasteiger charge is -2.40. The fraction of sp³-hybridized carbons (Fsp3) is 0.619. The first kappa shape index (κ1) is 21.3.